The van der Waals surface area contributed by atoms with Crippen LogP contribution in [0.15, 0.2) is 70.9 Å². The van der Waals surface area contributed by atoms with Crippen LogP contribution in [-0.2, 0) is 9.59 Å². The van der Waals surface area contributed by atoms with Gasteiger partial charge in [-0.25, -0.2) is 10.0 Å². The number of amides is 2. The van der Waals surface area contributed by atoms with E-state index in [1.54, 1.807) is 0 Å². The van der Waals surface area contributed by atoms with E-state index < -0.39 is 17.3 Å². The van der Waals surface area contributed by atoms with Crippen LogP contribution < -0.4 is 10.0 Å². The number of nitrogens with zero attached hydrogens (tertiary/aromatic N) is 4. The molecule has 2 aliphatic rings. The number of anilines is 2. The van der Waals surface area contributed by atoms with Gasteiger partial charge >= 0.3 is 0 Å². The smallest absolute Gasteiger partial charge is 0.256 e. The lowest BCUT2D eigenvalue weighted by atomic mass is 9.66. The Morgan fingerprint density at radius 2 is 1.03 bits per heavy atom. The quantitative estimate of drug-likeness (QED) is 0.792. The van der Waals surface area contributed by atoms with E-state index in [4.69, 9.17) is 0 Å². The van der Waals surface area contributed by atoms with Gasteiger partial charge in [-0.15, -0.1) is 0 Å². The van der Waals surface area contributed by atoms with E-state index in [0.717, 1.165) is 11.4 Å². The van der Waals surface area contributed by atoms with Crippen LogP contribution in [-0.4, -0.2) is 23.2 Å². The summed E-state index contributed by atoms with van der Waals surface area (Å²) in [6.07, 6.45) is 0. The second kappa shape index (κ2) is 6.95. The Morgan fingerprint density at radius 1 is 0.690 bits per heavy atom. The van der Waals surface area contributed by atoms with E-state index in [9.17, 15) is 9.59 Å². The van der Waals surface area contributed by atoms with Crippen LogP contribution in [0.2, 0.25) is 0 Å². The van der Waals surface area contributed by atoms with Gasteiger partial charge in [-0.2, -0.15) is 10.2 Å². The molecule has 0 unspecified atom stereocenters. The van der Waals surface area contributed by atoms with Gasteiger partial charge in [0.1, 0.15) is 0 Å². The number of hydrogen-bond donors (Lipinski definition) is 0. The van der Waals surface area contributed by atoms with Crippen LogP contribution in [0.3, 0.4) is 0 Å². The molecule has 0 aromatic heterocycles. The summed E-state index contributed by atoms with van der Waals surface area (Å²) in [6.45, 7) is 7.63. The molecule has 29 heavy (non-hydrogen) atoms. The zero-order valence-corrected chi connectivity index (χ0v) is 17.0. The molecule has 4 rings (SSSR count). The van der Waals surface area contributed by atoms with E-state index in [1.807, 2.05) is 88.4 Å². The summed E-state index contributed by atoms with van der Waals surface area (Å²) in [5.41, 5.74) is 2.20. The van der Waals surface area contributed by atoms with Gasteiger partial charge in [0.15, 0.2) is 0 Å². The highest BCUT2D eigenvalue weighted by Crippen LogP contribution is 2.44. The molecule has 2 aromatic carbocycles. The predicted octanol–water partition coefficient (Wildman–Crippen LogP) is 4.09. The van der Waals surface area contributed by atoms with Gasteiger partial charge in [0.05, 0.1) is 23.2 Å². The Balaban J connectivity index is 1.65. The summed E-state index contributed by atoms with van der Waals surface area (Å²) in [6, 6.07) is 18.7. The highest BCUT2D eigenvalue weighted by atomic mass is 16.2. The number of benzene rings is 2. The molecule has 0 N–H and O–H groups in total. The van der Waals surface area contributed by atoms with Gasteiger partial charge in [-0.05, 0) is 43.5 Å². The number of hydrogen-bond acceptors (Lipinski definition) is 4. The van der Waals surface area contributed by atoms with Crippen LogP contribution in [0, 0.1) is 17.3 Å². The van der Waals surface area contributed by atoms with Gasteiger partial charge in [-0.1, -0.05) is 50.2 Å². The van der Waals surface area contributed by atoms with Crippen molar-refractivity contribution in [1.82, 2.24) is 0 Å². The molecule has 0 aliphatic carbocycles. The Hall–Kier alpha value is -3.28. The first-order valence-electron chi connectivity index (χ1n) is 9.70. The third-order valence-corrected chi connectivity index (χ3v) is 5.75. The number of para-hydroxylation sites is 2. The van der Waals surface area contributed by atoms with E-state index in [-0.39, 0.29) is 11.8 Å². The van der Waals surface area contributed by atoms with Crippen molar-refractivity contribution in [3.05, 3.63) is 60.7 Å². The van der Waals surface area contributed by atoms with E-state index in [0.29, 0.717) is 11.4 Å². The summed E-state index contributed by atoms with van der Waals surface area (Å²) >= 11 is 0. The highest BCUT2D eigenvalue weighted by molar-refractivity contribution is 6.19. The van der Waals surface area contributed by atoms with Crippen molar-refractivity contribution in [2.75, 3.05) is 10.0 Å². The Bertz CT molecular complexity index is 930. The summed E-state index contributed by atoms with van der Waals surface area (Å²) in [5, 5.41) is 11.9. The SMILES string of the molecule is CC1=NN(c2ccccc2)C(=O)[C@H]1C(C)(C)[C@H]1C(=O)N(c2ccccc2)N=C1C. The molecule has 2 atom stereocenters. The van der Waals surface area contributed by atoms with Crippen molar-refractivity contribution in [1.29, 1.82) is 0 Å². The van der Waals surface area contributed by atoms with Crippen molar-refractivity contribution in [2.24, 2.45) is 27.5 Å². The summed E-state index contributed by atoms with van der Waals surface area (Å²) < 4.78 is 0. The normalized spacial score (nSPS) is 22.2. The fraction of sp³-hybridized carbons (Fsp3) is 0.304. The van der Waals surface area contributed by atoms with Gasteiger partial charge in [0.2, 0.25) is 0 Å². The lowest BCUT2D eigenvalue weighted by Gasteiger charge is -2.35. The third kappa shape index (κ3) is 3.05. The molecule has 2 heterocycles. The average molecular weight is 388 g/mol. The number of carbonyl (C=O) groups excluding carboxylic acids is 2. The van der Waals surface area contributed by atoms with Crippen molar-refractivity contribution < 1.29 is 9.59 Å². The van der Waals surface area contributed by atoms with E-state index in [1.165, 1.54) is 10.0 Å². The minimum absolute atomic E-state index is 0.113. The first kappa shape index (κ1) is 19.1. The van der Waals surface area contributed by atoms with Crippen LogP contribution in [0.25, 0.3) is 0 Å². The molecule has 0 spiro atoms. The minimum atomic E-state index is -0.678. The third-order valence-electron chi connectivity index (χ3n) is 5.75. The largest absolute Gasteiger partial charge is 0.272 e. The number of rotatable bonds is 4. The van der Waals surface area contributed by atoms with Crippen LogP contribution >= 0.6 is 0 Å². The maximum Gasteiger partial charge on any atom is 0.256 e. The summed E-state index contributed by atoms with van der Waals surface area (Å²) in [4.78, 5) is 26.7. The van der Waals surface area contributed by atoms with Crippen molar-refractivity contribution in [2.45, 2.75) is 27.7 Å². The topological polar surface area (TPSA) is 65.3 Å². The zero-order valence-electron chi connectivity index (χ0n) is 17.0. The van der Waals surface area contributed by atoms with Gasteiger partial charge < -0.3 is 0 Å². The molecular weight excluding hydrogens is 364 g/mol. The maximum absolute atomic E-state index is 13.3. The monoisotopic (exact) mass is 388 g/mol. The number of carbonyl (C=O) groups is 2. The molecular formula is C23H24N4O2. The Morgan fingerprint density at radius 3 is 1.38 bits per heavy atom. The fourth-order valence-electron chi connectivity index (χ4n) is 4.52. The summed E-state index contributed by atoms with van der Waals surface area (Å²) in [5.74, 6) is -1.23. The molecule has 0 bridgehead atoms. The lowest BCUT2D eigenvalue weighted by Crippen LogP contribution is -2.47. The van der Waals surface area contributed by atoms with E-state index >= 15 is 0 Å². The van der Waals surface area contributed by atoms with Crippen molar-refractivity contribution in [3.63, 3.8) is 0 Å². The highest BCUT2D eigenvalue weighted by Gasteiger charge is 2.54. The lowest BCUT2D eigenvalue weighted by molar-refractivity contribution is -0.126. The molecule has 0 saturated heterocycles. The van der Waals surface area contributed by atoms with Crippen LogP contribution in [0.4, 0.5) is 11.4 Å². The van der Waals surface area contributed by atoms with E-state index in [2.05, 4.69) is 10.2 Å². The molecule has 6 nitrogen and oxygen atoms in total. The van der Waals surface area contributed by atoms with Crippen LogP contribution in [0.5, 0.6) is 0 Å². The number of hydrazone groups is 2. The average Bonchev–Trinajstić information content (AvgIpc) is 3.18. The Kier molecular flexibility index (Phi) is 4.57. The molecule has 148 valence electrons. The molecule has 6 heteroatoms. The standard InChI is InChI=1S/C23H24N4O2/c1-15-19(21(28)26(24-15)17-11-7-5-8-12-17)23(3,4)20-16(2)25-27(22(20)29)18-13-9-6-10-14-18/h5-14,19-20H,1-4H3/t19-,20+. The summed E-state index contributed by atoms with van der Waals surface area (Å²) in [7, 11) is 0. The molecule has 0 fully saturated rings. The predicted molar refractivity (Wildman–Crippen MR) is 115 cm³/mol. The molecule has 0 radical (unpaired) electrons. The molecule has 2 aromatic rings. The van der Waals surface area contributed by atoms with Gasteiger partial charge in [0, 0.05) is 11.4 Å². The first-order valence-corrected chi connectivity index (χ1v) is 9.70. The Labute approximate surface area is 170 Å². The zero-order chi connectivity index (χ0) is 20.8. The molecule has 0 saturated carbocycles. The molecule has 2 amide bonds. The minimum Gasteiger partial charge on any atom is -0.272 e. The van der Waals surface area contributed by atoms with Crippen molar-refractivity contribution in [3.8, 4) is 0 Å². The second-order valence-corrected chi connectivity index (χ2v) is 8.14. The van der Waals surface area contributed by atoms with Crippen LogP contribution in [0.1, 0.15) is 27.7 Å². The fourth-order valence-corrected chi connectivity index (χ4v) is 4.52. The first-order chi connectivity index (χ1) is 13.8. The van der Waals surface area contributed by atoms with Gasteiger partial charge in [-0.3, -0.25) is 9.59 Å². The van der Waals surface area contributed by atoms with Crippen molar-refractivity contribution >= 4 is 34.6 Å². The van der Waals surface area contributed by atoms with Gasteiger partial charge in [0.25, 0.3) is 11.8 Å². The second-order valence-electron chi connectivity index (χ2n) is 8.14. The molecule has 2 aliphatic heterocycles. The maximum atomic E-state index is 13.3.